The molecule has 2 heterocycles. The van der Waals surface area contributed by atoms with Gasteiger partial charge in [-0.25, -0.2) is 0 Å². The second-order valence-electron chi connectivity index (χ2n) is 7.28. The van der Waals surface area contributed by atoms with Crippen molar-refractivity contribution in [3.05, 3.63) is 69.3 Å². The van der Waals surface area contributed by atoms with Crippen LogP contribution in [0.15, 0.2) is 47.0 Å². The molecule has 0 unspecified atom stereocenters. The van der Waals surface area contributed by atoms with Crippen molar-refractivity contribution >= 4 is 34.9 Å². The number of halogens is 2. The van der Waals surface area contributed by atoms with Gasteiger partial charge >= 0.3 is 0 Å². The second kappa shape index (κ2) is 9.12. The lowest BCUT2D eigenvalue weighted by Gasteiger charge is -2.26. The largest absolute Gasteiger partial charge is 0.496 e. The zero-order chi connectivity index (χ0) is 22.0. The summed E-state index contributed by atoms with van der Waals surface area (Å²) >= 11 is 12.0. The maximum absolute atomic E-state index is 12.8. The number of methoxy groups -OCH3 is 1. The van der Waals surface area contributed by atoms with Crippen LogP contribution in [0.5, 0.6) is 5.75 Å². The third kappa shape index (κ3) is 4.60. The first kappa shape index (κ1) is 21.4. The Bertz CT molecular complexity index is 1130. The predicted molar refractivity (Wildman–Crippen MR) is 118 cm³/mol. The summed E-state index contributed by atoms with van der Waals surface area (Å²) in [6.45, 7) is 0.928. The highest BCUT2D eigenvalue weighted by Crippen LogP contribution is 2.31. The second-order valence-corrected chi connectivity index (χ2v) is 8.15. The summed E-state index contributed by atoms with van der Waals surface area (Å²) in [6.07, 6.45) is 0.784. The van der Waals surface area contributed by atoms with Crippen LogP contribution in [-0.4, -0.2) is 35.4 Å². The van der Waals surface area contributed by atoms with E-state index >= 15 is 0 Å². The Morgan fingerprint density at radius 2 is 1.84 bits per heavy atom. The molecule has 2 aromatic carbocycles. The molecule has 8 heteroatoms. The van der Waals surface area contributed by atoms with E-state index in [2.05, 4.69) is 5.16 Å². The van der Waals surface area contributed by atoms with E-state index in [0.29, 0.717) is 46.6 Å². The summed E-state index contributed by atoms with van der Waals surface area (Å²) in [4.78, 5) is 27.2. The summed E-state index contributed by atoms with van der Waals surface area (Å²) < 4.78 is 10.8. The molecular formula is C23H20Cl2N2O4. The van der Waals surface area contributed by atoms with E-state index in [-0.39, 0.29) is 24.5 Å². The summed E-state index contributed by atoms with van der Waals surface area (Å²) in [5.41, 5.74) is 2.99. The summed E-state index contributed by atoms with van der Waals surface area (Å²) in [6, 6.07) is 12.2. The van der Waals surface area contributed by atoms with Gasteiger partial charge in [-0.2, -0.15) is 0 Å². The Morgan fingerprint density at radius 3 is 2.58 bits per heavy atom. The minimum absolute atomic E-state index is 0.0760. The number of rotatable bonds is 6. The van der Waals surface area contributed by atoms with E-state index < -0.39 is 0 Å². The van der Waals surface area contributed by atoms with E-state index in [1.807, 2.05) is 12.1 Å². The van der Waals surface area contributed by atoms with Gasteiger partial charge in [-0.1, -0.05) is 28.4 Å². The number of hydrogen-bond donors (Lipinski definition) is 0. The third-order valence-electron chi connectivity index (χ3n) is 5.32. The number of fused-ring (bicyclic) bond motifs is 1. The van der Waals surface area contributed by atoms with Crippen LogP contribution in [0.2, 0.25) is 10.0 Å². The highest BCUT2D eigenvalue weighted by Gasteiger charge is 2.28. The van der Waals surface area contributed by atoms with Gasteiger partial charge in [0, 0.05) is 47.0 Å². The molecule has 31 heavy (non-hydrogen) atoms. The molecule has 6 nitrogen and oxygen atoms in total. The number of carbonyl (C=O) groups is 2. The zero-order valence-electron chi connectivity index (χ0n) is 16.9. The van der Waals surface area contributed by atoms with Crippen molar-refractivity contribution < 1.29 is 18.8 Å². The fourth-order valence-corrected chi connectivity index (χ4v) is 3.96. The summed E-state index contributed by atoms with van der Waals surface area (Å²) in [7, 11) is 1.49. The number of Topliss-reactive ketones (excluding diaryl/α,β-unsaturated/α-hetero) is 1. The number of amides is 1. The van der Waals surface area contributed by atoms with Crippen LogP contribution in [0.1, 0.15) is 34.5 Å². The lowest BCUT2D eigenvalue weighted by molar-refractivity contribution is -0.132. The van der Waals surface area contributed by atoms with Crippen LogP contribution in [0.25, 0.3) is 11.3 Å². The SMILES string of the molecule is COc1ccc(Cl)cc1C(=O)CCC(=O)N1CCc2noc(-c3ccc(Cl)cc3)c2C1. The molecule has 0 aliphatic carbocycles. The van der Waals surface area contributed by atoms with Crippen molar-refractivity contribution in [3.8, 4) is 17.1 Å². The number of benzene rings is 2. The number of aromatic nitrogens is 1. The van der Waals surface area contributed by atoms with Gasteiger partial charge < -0.3 is 14.2 Å². The molecule has 160 valence electrons. The fraction of sp³-hybridized carbons (Fsp3) is 0.261. The Balaban J connectivity index is 1.44. The quantitative estimate of drug-likeness (QED) is 0.474. The molecule has 1 aliphatic rings. The first-order valence-corrected chi connectivity index (χ1v) is 10.6. The molecule has 0 saturated carbocycles. The standard InChI is InChI=1S/C23H20Cl2N2O4/c1-30-21-8-6-16(25)12-17(21)20(28)7-9-22(29)27-11-10-19-18(13-27)23(31-26-19)14-2-4-15(24)5-3-14/h2-6,8,12H,7,9-11,13H2,1H3. The lowest BCUT2D eigenvalue weighted by atomic mass is 10.0. The highest BCUT2D eigenvalue weighted by molar-refractivity contribution is 6.31. The van der Waals surface area contributed by atoms with E-state index in [1.54, 1.807) is 35.2 Å². The Morgan fingerprint density at radius 1 is 1.10 bits per heavy atom. The predicted octanol–water partition coefficient (Wildman–Crippen LogP) is 5.20. The normalized spacial score (nSPS) is 13.1. The van der Waals surface area contributed by atoms with E-state index in [9.17, 15) is 9.59 Å². The van der Waals surface area contributed by atoms with Gasteiger partial charge in [0.15, 0.2) is 11.5 Å². The third-order valence-corrected chi connectivity index (χ3v) is 5.81. The molecule has 0 atom stereocenters. The zero-order valence-corrected chi connectivity index (χ0v) is 18.4. The molecule has 4 rings (SSSR count). The van der Waals surface area contributed by atoms with E-state index in [4.69, 9.17) is 32.5 Å². The molecule has 0 fully saturated rings. The van der Waals surface area contributed by atoms with Gasteiger partial charge in [-0.05, 0) is 42.5 Å². The first-order chi connectivity index (χ1) is 15.0. The number of carbonyl (C=O) groups excluding carboxylic acids is 2. The van der Waals surface area contributed by atoms with Crippen molar-refractivity contribution in [2.75, 3.05) is 13.7 Å². The van der Waals surface area contributed by atoms with Crippen LogP contribution in [0.3, 0.4) is 0 Å². The van der Waals surface area contributed by atoms with Crippen molar-refractivity contribution in [1.82, 2.24) is 10.1 Å². The Labute approximate surface area is 189 Å². The van der Waals surface area contributed by atoms with Gasteiger partial charge in [-0.15, -0.1) is 0 Å². The van der Waals surface area contributed by atoms with Crippen molar-refractivity contribution in [3.63, 3.8) is 0 Å². The monoisotopic (exact) mass is 458 g/mol. The molecular weight excluding hydrogens is 439 g/mol. The molecule has 0 radical (unpaired) electrons. The number of ketones is 1. The molecule has 0 N–H and O–H groups in total. The molecule has 1 aromatic heterocycles. The average Bonchev–Trinajstić information content (AvgIpc) is 3.21. The molecule has 0 saturated heterocycles. The van der Waals surface area contributed by atoms with Gasteiger partial charge in [0.1, 0.15) is 5.75 Å². The van der Waals surface area contributed by atoms with Crippen LogP contribution in [0.4, 0.5) is 0 Å². The van der Waals surface area contributed by atoms with Gasteiger partial charge in [0.25, 0.3) is 0 Å². The highest BCUT2D eigenvalue weighted by atomic mass is 35.5. The van der Waals surface area contributed by atoms with Crippen LogP contribution >= 0.6 is 23.2 Å². The maximum atomic E-state index is 12.8. The van der Waals surface area contributed by atoms with Crippen LogP contribution in [0, 0.1) is 0 Å². The number of nitrogens with zero attached hydrogens (tertiary/aromatic N) is 2. The van der Waals surface area contributed by atoms with Crippen LogP contribution in [-0.2, 0) is 17.8 Å². The maximum Gasteiger partial charge on any atom is 0.223 e. The Hall–Kier alpha value is -2.83. The van der Waals surface area contributed by atoms with Crippen molar-refractivity contribution in [1.29, 1.82) is 0 Å². The van der Waals surface area contributed by atoms with Crippen LogP contribution < -0.4 is 4.74 Å². The lowest BCUT2D eigenvalue weighted by Crippen LogP contribution is -2.36. The first-order valence-electron chi connectivity index (χ1n) is 9.84. The van der Waals surface area contributed by atoms with E-state index in [1.165, 1.54) is 7.11 Å². The van der Waals surface area contributed by atoms with Gasteiger partial charge in [-0.3, -0.25) is 9.59 Å². The van der Waals surface area contributed by atoms with Crippen molar-refractivity contribution in [2.24, 2.45) is 0 Å². The smallest absolute Gasteiger partial charge is 0.223 e. The van der Waals surface area contributed by atoms with Crippen molar-refractivity contribution in [2.45, 2.75) is 25.8 Å². The average molecular weight is 459 g/mol. The fourth-order valence-electron chi connectivity index (χ4n) is 3.66. The molecule has 1 aliphatic heterocycles. The molecule has 3 aromatic rings. The Kier molecular flexibility index (Phi) is 6.30. The topological polar surface area (TPSA) is 72.6 Å². The van der Waals surface area contributed by atoms with E-state index in [0.717, 1.165) is 16.8 Å². The van der Waals surface area contributed by atoms with Gasteiger partial charge in [0.2, 0.25) is 5.91 Å². The summed E-state index contributed by atoms with van der Waals surface area (Å²) in [5.74, 6) is 0.811. The minimum atomic E-state index is -0.183. The molecule has 0 spiro atoms. The summed E-state index contributed by atoms with van der Waals surface area (Å²) in [5, 5.41) is 5.24. The molecule has 0 bridgehead atoms. The molecule has 1 amide bonds. The minimum Gasteiger partial charge on any atom is -0.496 e. The number of hydrogen-bond acceptors (Lipinski definition) is 5. The van der Waals surface area contributed by atoms with Gasteiger partial charge in [0.05, 0.1) is 24.9 Å². The number of ether oxygens (including phenoxy) is 1.